The lowest BCUT2D eigenvalue weighted by Crippen LogP contribution is -2.62. The molecule has 0 bridgehead atoms. The van der Waals surface area contributed by atoms with E-state index in [9.17, 15) is 15.0 Å². The Balaban J connectivity index is 1.69. The molecule has 0 amide bonds. The van der Waals surface area contributed by atoms with Crippen molar-refractivity contribution in [3.05, 3.63) is 0 Å². The zero-order valence-corrected chi connectivity index (χ0v) is 14.0. The molecule has 7 atom stereocenters. The van der Waals surface area contributed by atoms with E-state index in [1.165, 1.54) is 0 Å². The van der Waals surface area contributed by atoms with E-state index in [1.807, 2.05) is 6.92 Å². The topological polar surface area (TPSA) is 57.5 Å². The molecule has 0 aromatic heterocycles. The summed E-state index contributed by atoms with van der Waals surface area (Å²) >= 11 is 0. The molecule has 4 saturated carbocycles. The molecule has 3 heteroatoms. The number of hydrogen-bond acceptors (Lipinski definition) is 3. The summed E-state index contributed by atoms with van der Waals surface area (Å²) in [5.41, 5.74) is -1.01. The molecule has 4 aliphatic rings. The van der Waals surface area contributed by atoms with Gasteiger partial charge in [0.2, 0.25) is 0 Å². The molecular formula is C19H30O3. The Morgan fingerprint density at radius 1 is 1.00 bits per heavy atom. The highest BCUT2D eigenvalue weighted by Crippen LogP contribution is 2.66. The third-order valence-corrected chi connectivity index (χ3v) is 8.54. The molecule has 2 N–H and O–H groups in total. The third-order valence-electron chi connectivity index (χ3n) is 8.54. The van der Waals surface area contributed by atoms with E-state index in [0.29, 0.717) is 30.5 Å². The average Bonchev–Trinajstić information content (AvgIpc) is 2.72. The monoisotopic (exact) mass is 306 g/mol. The number of aliphatic hydroxyl groups is 2. The van der Waals surface area contributed by atoms with Gasteiger partial charge in [-0.05, 0) is 81.5 Å². The summed E-state index contributed by atoms with van der Waals surface area (Å²) in [4.78, 5) is 12.4. The summed E-state index contributed by atoms with van der Waals surface area (Å²) in [5, 5.41) is 21.6. The van der Waals surface area contributed by atoms with Crippen LogP contribution in [0.2, 0.25) is 0 Å². The van der Waals surface area contributed by atoms with Gasteiger partial charge in [0.25, 0.3) is 0 Å². The van der Waals surface area contributed by atoms with Crippen LogP contribution in [0.4, 0.5) is 0 Å². The van der Waals surface area contributed by atoms with Gasteiger partial charge in [0.15, 0.2) is 0 Å². The van der Waals surface area contributed by atoms with Crippen LogP contribution in [0.15, 0.2) is 0 Å². The molecule has 0 unspecified atom stereocenters. The van der Waals surface area contributed by atoms with Crippen LogP contribution in [-0.2, 0) is 4.79 Å². The molecule has 0 aliphatic heterocycles. The molecule has 0 aromatic carbocycles. The quantitative estimate of drug-likeness (QED) is 0.723. The van der Waals surface area contributed by atoms with E-state index < -0.39 is 11.0 Å². The Bertz CT molecular complexity index is 503. The second-order valence-corrected chi connectivity index (χ2v) is 9.14. The SMILES string of the molecule is C[C@]12CC[C@H](O)C[C@@H]1CC[C@@H]1[C@@H]2CC[C@]2(C)C(=O)CC[C@]12O. The van der Waals surface area contributed by atoms with Gasteiger partial charge in [-0.1, -0.05) is 6.92 Å². The number of aliphatic hydroxyl groups excluding tert-OH is 1. The maximum Gasteiger partial charge on any atom is 0.141 e. The van der Waals surface area contributed by atoms with Gasteiger partial charge in [0, 0.05) is 6.42 Å². The number of carbonyl (C=O) groups excluding carboxylic acids is 1. The van der Waals surface area contributed by atoms with E-state index in [0.717, 1.165) is 44.9 Å². The summed E-state index contributed by atoms with van der Waals surface area (Å²) in [6.07, 6.45) is 8.13. The zero-order valence-electron chi connectivity index (χ0n) is 14.0. The summed E-state index contributed by atoms with van der Waals surface area (Å²) < 4.78 is 0. The van der Waals surface area contributed by atoms with E-state index in [2.05, 4.69) is 6.92 Å². The van der Waals surface area contributed by atoms with E-state index in [-0.39, 0.29) is 17.4 Å². The van der Waals surface area contributed by atoms with E-state index in [4.69, 9.17) is 0 Å². The van der Waals surface area contributed by atoms with Gasteiger partial charge in [0.1, 0.15) is 5.78 Å². The first-order valence-electron chi connectivity index (χ1n) is 9.25. The lowest BCUT2D eigenvalue weighted by atomic mass is 9.44. The summed E-state index contributed by atoms with van der Waals surface area (Å²) in [5.74, 6) is 1.71. The number of hydrogen-bond donors (Lipinski definition) is 2. The minimum absolute atomic E-state index is 0.125. The molecule has 0 saturated heterocycles. The first kappa shape index (κ1) is 15.1. The molecule has 0 radical (unpaired) electrons. The van der Waals surface area contributed by atoms with Crippen molar-refractivity contribution in [2.75, 3.05) is 0 Å². The smallest absolute Gasteiger partial charge is 0.141 e. The van der Waals surface area contributed by atoms with Crippen LogP contribution in [0.3, 0.4) is 0 Å². The van der Waals surface area contributed by atoms with Crippen molar-refractivity contribution in [3.63, 3.8) is 0 Å². The highest BCUT2D eigenvalue weighted by atomic mass is 16.3. The molecule has 3 nitrogen and oxygen atoms in total. The van der Waals surface area contributed by atoms with Crippen LogP contribution in [0.25, 0.3) is 0 Å². The third kappa shape index (κ3) is 1.67. The molecule has 22 heavy (non-hydrogen) atoms. The molecule has 124 valence electrons. The molecule has 4 fully saturated rings. The fourth-order valence-electron chi connectivity index (χ4n) is 6.97. The van der Waals surface area contributed by atoms with Crippen molar-refractivity contribution in [1.29, 1.82) is 0 Å². The highest BCUT2D eigenvalue weighted by Gasteiger charge is 2.67. The van der Waals surface area contributed by atoms with Crippen LogP contribution in [0.5, 0.6) is 0 Å². The van der Waals surface area contributed by atoms with Crippen LogP contribution in [0.1, 0.15) is 71.6 Å². The Morgan fingerprint density at radius 2 is 1.77 bits per heavy atom. The van der Waals surface area contributed by atoms with Gasteiger partial charge in [-0.15, -0.1) is 0 Å². The molecular weight excluding hydrogens is 276 g/mol. The van der Waals surface area contributed by atoms with Gasteiger partial charge < -0.3 is 10.2 Å². The van der Waals surface area contributed by atoms with Crippen LogP contribution < -0.4 is 0 Å². The molecule has 0 heterocycles. The molecule has 4 aliphatic carbocycles. The van der Waals surface area contributed by atoms with Crippen molar-refractivity contribution in [3.8, 4) is 0 Å². The minimum atomic E-state index is -0.767. The van der Waals surface area contributed by atoms with Gasteiger partial charge >= 0.3 is 0 Å². The summed E-state index contributed by atoms with van der Waals surface area (Å²) in [7, 11) is 0. The number of carbonyl (C=O) groups is 1. The lowest BCUT2D eigenvalue weighted by molar-refractivity contribution is -0.202. The highest BCUT2D eigenvalue weighted by molar-refractivity contribution is 5.88. The predicted octanol–water partition coefficient (Wildman–Crippen LogP) is 3.07. The molecule has 0 aromatic rings. The zero-order chi connectivity index (χ0) is 15.8. The summed E-state index contributed by atoms with van der Waals surface area (Å²) in [6.45, 7) is 4.43. The van der Waals surface area contributed by atoms with Crippen LogP contribution >= 0.6 is 0 Å². The van der Waals surface area contributed by atoms with Gasteiger partial charge in [-0.25, -0.2) is 0 Å². The fourth-order valence-corrected chi connectivity index (χ4v) is 6.97. The molecule has 4 rings (SSSR count). The van der Waals surface area contributed by atoms with Crippen molar-refractivity contribution >= 4 is 5.78 Å². The lowest BCUT2D eigenvalue weighted by Gasteiger charge is -2.62. The van der Waals surface area contributed by atoms with Crippen molar-refractivity contribution in [2.24, 2.45) is 28.6 Å². The van der Waals surface area contributed by atoms with Gasteiger partial charge in [0.05, 0.1) is 17.1 Å². The maximum atomic E-state index is 12.4. The fraction of sp³-hybridized carbons (Fsp3) is 0.947. The Kier molecular flexibility index (Phi) is 3.14. The Morgan fingerprint density at radius 3 is 2.55 bits per heavy atom. The van der Waals surface area contributed by atoms with Crippen molar-refractivity contribution in [1.82, 2.24) is 0 Å². The normalized spacial score (nSPS) is 57.9. The second-order valence-electron chi connectivity index (χ2n) is 9.14. The van der Waals surface area contributed by atoms with Crippen LogP contribution in [-0.4, -0.2) is 27.7 Å². The first-order valence-corrected chi connectivity index (χ1v) is 9.25. The number of rotatable bonds is 0. The van der Waals surface area contributed by atoms with Crippen LogP contribution in [0, 0.1) is 28.6 Å². The average molecular weight is 306 g/mol. The van der Waals surface area contributed by atoms with Gasteiger partial charge in [-0.3, -0.25) is 4.79 Å². The predicted molar refractivity (Wildman–Crippen MR) is 84.2 cm³/mol. The summed E-state index contributed by atoms with van der Waals surface area (Å²) in [6, 6.07) is 0. The van der Waals surface area contributed by atoms with Crippen molar-refractivity contribution in [2.45, 2.75) is 83.3 Å². The van der Waals surface area contributed by atoms with Crippen molar-refractivity contribution < 1.29 is 15.0 Å². The Hall–Kier alpha value is -0.410. The van der Waals surface area contributed by atoms with Gasteiger partial charge in [-0.2, -0.15) is 0 Å². The second kappa shape index (κ2) is 4.57. The van der Waals surface area contributed by atoms with E-state index in [1.54, 1.807) is 0 Å². The standard InChI is InChI=1S/C19H30O3/c1-17-8-5-13(20)11-12(17)3-4-15-14(17)6-9-18(2)16(21)7-10-19(15,18)22/h12-15,20,22H,3-11H2,1-2H3/t12-,13-,14-,15+,17-,18+,19-/m0/s1. The number of Topliss-reactive ketones (excluding diaryl/α,β-unsaturated/α-hetero) is 1. The minimum Gasteiger partial charge on any atom is -0.393 e. The molecule has 0 spiro atoms. The Labute approximate surface area is 133 Å². The number of ketones is 1. The first-order chi connectivity index (χ1) is 10.3. The maximum absolute atomic E-state index is 12.4. The largest absolute Gasteiger partial charge is 0.393 e. The van der Waals surface area contributed by atoms with E-state index >= 15 is 0 Å². The number of fused-ring (bicyclic) bond motifs is 5.